The molecule has 0 spiro atoms. The predicted molar refractivity (Wildman–Crippen MR) is 63.8 cm³/mol. The van der Waals surface area contributed by atoms with Crippen molar-refractivity contribution in [2.24, 2.45) is 5.92 Å². The van der Waals surface area contributed by atoms with E-state index in [1.807, 2.05) is 0 Å². The van der Waals surface area contributed by atoms with Crippen LogP contribution in [-0.2, 0) is 11.3 Å². The second kappa shape index (κ2) is 5.44. The topological polar surface area (TPSA) is 32.3 Å². The third-order valence-corrected chi connectivity index (χ3v) is 3.18. The second-order valence-electron chi connectivity index (χ2n) is 4.71. The van der Waals surface area contributed by atoms with Crippen LogP contribution in [0.2, 0.25) is 0 Å². The van der Waals surface area contributed by atoms with Crippen LogP contribution in [-0.4, -0.2) is 30.9 Å². The van der Waals surface area contributed by atoms with Gasteiger partial charge in [-0.05, 0) is 25.1 Å². The minimum Gasteiger partial charge on any atom is -0.341 e. The first-order valence-electron chi connectivity index (χ1n) is 5.95. The van der Waals surface area contributed by atoms with E-state index in [1.165, 1.54) is 17.0 Å². The fourth-order valence-corrected chi connectivity index (χ4v) is 1.89. The number of carbonyl (C=O) groups is 1. The molecule has 1 aliphatic heterocycles. The number of rotatable bonds is 4. The number of halogens is 2. The van der Waals surface area contributed by atoms with Crippen LogP contribution >= 0.6 is 0 Å². The van der Waals surface area contributed by atoms with E-state index in [-0.39, 0.29) is 12.5 Å². The summed E-state index contributed by atoms with van der Waals surface area (Å²) in [6.45, 7) is 1.90. The van der Waals surface area contributed by atoms with Gasteiger partial charge in [-0.1, -0.05) is 6.07 Å². The summed E-state index contributed by atoms with van der Waals surface area (Å²) in [5.74, 6) is -0.839. The molecule has 0 radical (unpaired) electrons. The highest BCUT2D eigenvalue weighted by atomic mass is 19.1. The van der Waals surface area contributed by atoms with Crippen LogP contribution in [0.5, 0.6) is 0 Å². The maximum Gasteiger partial charge on any atom is 0.222 e. The van der Waals surface area contributed by atoms with Crippen molar-refractivity contribution in [2.45, 2.75) is 13.0 Å². The highest BCUT2D eigenvalue weighted by molar-refractivity contribution is 5.76. The van der Waals surface area contributed by atoms with Gasteiger partial charge in [0.15, 0.2) is 0 Å². The van der Waals surface area contributed by atoms with Gasteiger partial charge in [-0.15, -0.1) is 0 Å². The lowest BCUT2D eigenvalue weighted by atomic mass is 9.98. The molecular formula is C13H16F2N2O. The number of nitrogens with zero attached hydrogens (tertiary/aromatic N) is 1. The summed E-state index contributed by atoms with van der Waals surface area (Å²) in [6, 6.07) is 3.41. The zero-order valence-corrected chi connectivity index (χ0v) is 10.2. The van der Waals surface area contributed by atoms with Gasteiger partial charge >= 0.3 is 0 Å². The Morgan fingerprint density at radius 3 is 2.72 bits per heavy atom. The average molecular weight is 254 g/mol. The normalized spacial score (nSPS) is 15.3. The molecule has 18 heavy (non-hydrogen) atoms. The van der Waals surface area contributed by atoms with E-state index in [1.54, 1.807) is 7.05 Å². The molecule has 5 heteroatoms. The summed E-state index contributed by atoms with van der Waals surface area (Å²) in [7, 11) is 1.64. The lowest BCUT2D eigenvalue weighted by Gasteiger charge is -2.28. The lowest BCUT2D eigenvalue weighted by molar-refractivity contribution is -0.131. The van der Waals surface area contributed by atoms with Crippen LogP contribution in [0.25, 0.3) is 0 Å². The van der Waals surface area contributed by atoms with E-state index in [2.05, 4.69) is 5.32 Å². The van der Waals surface area contributed by atoms with Crippen LogP contribution in [0.15, 0.2) is 18.2 Å². The molecule has 1 aliphatic rings. The third kappa shape index (κ3) is 3.04. The van der Waals surface area contributed by atoms with Gasteiger partial charge in [-0.25, -0.2) is 8.78 Å². The van der Waals surface area contributed by atoms with Gasteiger partial charge in [0.05, 0.1) is 0 Å². The molecule has 0 unspecified atom stereocenters. The molecule has 0 aromatic heterocycles. The van der Waals surface area contributed by atoms with E-state index < -0.39 is 11.6 Å². The van der Waals surface area contributed by atoms with E-state index in [4.69, 9.17) is 0 Å². The Labute approximate surface area is 105 Å². The first kappa shape index (κ1) is 13.0. The lowest BCUT2D eigenvalue weighted by Crippen LogP contribution is -2.44. The van der Waals surface area contributed by atoms with Crippen molar-refractivity contribution in [3.05, 3.63) is 35.4 Å². The fourth-order valence-electron chi connectivity index (χ4n) is 1.89. The number of amides is 1. The monoisotopic (exact) mass is 254 g/mol. The molecule has 1 fully saturated rings. The molecule has 0 saturated carbocycles. The van der Waals surface area contributed by atoms with Crippen LogP contribution in [0.1, 0.15) is 12.0 Å². The number of nitrogens with one attached hydrogen (secondary N) is 1. The smallest absolute Gasteiger partial charge is 0.222 e. The minimum absolute atomic E-state index is 0.00905. The Morgan fingerprint density at radius 2 is 2.17 bits per heavy atom. The molecule has 3 nitrogen and oxygen atoms in total. The Morgan fingerprint density at radius 1 is 1.44 bits per heavy atom. The summed E-state index contributed by atoms with van der Waals surface area (Å²) in [6.07, 6.45) is 0.478. The standard InChI is InChI=1S/C13H16F2N2O/c1-17(13(18)4-9-6-16-7-9)8-10-2-3-11(14)5-12(10)15/h2-3,5,9,16H,4,6-8H2,1H3. The van der Waals surface area contributed by atoms with Crippen molar-refractivity contribution < 1.29 is 13.6 Å². The zero-order valence-electron chi connectivity index (χ0n) is 10.2. The number of hydrogen-bond acceptors (Lipinski definition) is 2. The predicted octanol–water partition coefficient (Wildman–Crippen LogP) is 1.53. The summed E-state index contributed by atoms with van der Waals surface area (Å²) in [5, 5.41) is 3.10. The number of hydrogen-bond donors (Lipinski definition) is 1. The maximum absolute atomic E-state index is 13.4. The van der Waals surface area contributed by atoms with E-state index >= 15 is 0 Å². The molecule has 1 amide bonds. The largest absolute Gasteiger partial charge is 0.341 e. The van der Waals surface area contributed by atoms with Gasteiger partial charge in [0.2, 0.25) is 5.91 Å². The Hall–Kier alpha value is -1.49. The molecule has 1 saturated heterocycles. The molecule has 1 heterocycles. The van der Waals surface area contributed by atoms with Gasteiger partial charge in [-0.3, -0.25) is 4.79 Å². The molecule has 0 aliphatic carbocycles. The molecule has 98 valence electrons. The highest BCUT2D eigenvalue weighted by Gasteiger charge is 2.22. The summed E-state index contributed by atoms with van der Waals surface area (Å²) in [5.41, 5.74) is 0.332. The maximum atomic E-state index is 13.4. The SMILES string of the molecule is CN(Cc1ccc(F)cc1F)C(=O)CC1CNC1. The summed E-state index contributed by atoms with van der Waals surface area (Å²) < 4.78 is 26.2. The van der Waals surface area contributed by atoms with Crippen molar-refractivity contribution in [3.8, 4) is 0 Å². The number of carbonyl (C=O) groups excluding carboxylic acids is 1. The third-order valence-electron chi connectivity index (χ3n) is 3.18. The quantitative estimate of drug-likeness (QED) is 0.883. The van der Waals surface area contributed by atoms with Gasteiger partial charge in [-0.2, -0.15) is 0 Å². The van der Waals surface area contributed by atoms with Crippen molar-refractivity contribution >= 4 is 5.91 Å². The van der Waals surface area contributed by atoms with Gasteiger partial charge in [0, 0.05) is 31.6 Å². The van der Waals surface area contributed by atoms with Crippen molar-refractivity contribution in [1.82, 2.24) is 10.2 Å². The number of benzene rings is 1. The Bertz CT molecular complexity index is 447. The first-order chi connectivity index (χ1) is 8.56. The Kier molecular flexibility index (Phi) is 3.91. The van der Waals surface area contributed by atoms with E-state index in [0.717, 1.165) is 19.2 Å². The van der Waals surface area contributed by atoms with Gasteiger partial charge < -0.3 is 10.2 Å². The molecular weight excluding hydrogens is 238 g/mol. The van der Waals surface area contributed by atoms with Crippen molar-refractivity contribution in [1.29, 1.82) is 0 Å². The van der Waals surface area contributed by atoms with Crippen molar-refractivity contribution in [2.75, 3.05) is 20.1 Å². The van der Waals surface area contributed by atoms with Crippen LogP contribution in [0.4, 0.5) is 8.78 Å². The molecule has 1 aromatic rings. The zero-order chi connectivity index (χ0) is 13.1. The summed E-state index contributed by atoms with van der Waals surface area (Å²) >= 11 is 0. The van der Waals surface area contributed by atoms with Gasteiger partial charge in [0.1, 0.15) is 11.6 Å². The van der Waals surface area contributed by atoms with Crippen LogP contribution in [0.3, 0.4) is 0 Å². The summed E-state index contributed by atoms with van der Waals surface area (Å²) in [4.78, 5) is 13.3. The van der Waals surface area contributed by atoms with Gasteiger partial charge in [0.25, 0.3) is 0 Å². The second-order valence-corrected chi connectivity index (χ2v) is 4.71. The van der Waals surface area contributed by atoms with E-state index in [0.29, 0.717) is 17.9 Å². The molecule has 0 atom stereocenters. The molecule has 2 rings (SSSR count). The van der Waals surface area contributed by atoms with E-state index in [9.17, 15) is 13.6 Å². The minimum atomic E-state index is -0.611. The highest BCUT2D eigenvalue weighted by Crippen LogP contribution is 2.14. The van der Waals surface area contributed by atoms with Crippen molar-refractivity contribution in [3.63, 3.8) is 0 Å². The molecule has 0 bridgehead atoms. The first-order valence-corrected chi connectivity index (χ1v) is 5.95. The fraction of sp³-hybridized carbons (Fsp3) is 0.462. The average Bonchev–Trinajstić information content (AvgIpc) is 2.27. The molecule has 1 N–H and O–H groups in total. The van der Waals surface area contributed by atoms with Crippen LogP contribution < -0.4 is 5.32 Å². The van der Waals surface area contributed by atoms with Crippen LogP contribution in [0, 0.1) is 17.6 Å². The Balaban J connectivity index is 1.92. The molecule has 1 aromatic carbocycles.